The number of benzene rings is 2. The number of carboxylic acid groups (broad SMARTS) is 3. The van der Waals surface area contributed by atoms with Crippen molar-refractivity contribution in [1.82, 2.24) is 93.5 Å². The summed E-state index contributed by atoms with van der Waals surface area (Å²) in [7, 11) is 0. The Hall–Kier alpha value is -12.3. The summed E-state index contributed by atoms with van der Waals surface area (Å²) in [5.74, 6) is -14.9. The first kappa shape index (κ1) is 88.0. The van der Waals surface area contributed by atoms with E-state index in [4.69, 9.17) is 22.3 Å². The molecule has 40 nitrogen and oxygen atoms in total. The van der Waals surface area contributed by atoms with Crippen LogP contribution in [-0.2, 0) is 91.2 Å². The molecule has 7 rings (SSSR count). The van der Waals surface area contributed by atoms with Crippen molar-refractivity contribution in [1.29, 1.82) is 10.8 Å². The number of nitrogens with zero attached hydrogens (tertiary/aromatic N) is 4. The molecule has 2 aromatic heterocycles. The number of carbonyl (C=O) groups excluding carboxylic acids is 12. The first-order valence-electron chi connectivity index (χ1n) is 37.6. The number of aromatic nitrogens is 3. The van der Waals surface area contributed by atoms with Gasteiger partial charge in [-0.1, -0.05) is 55.0 Å². The highest BCUT2D eigenvalue weighted by molar-refractivity contribution is 6.01. The van der Waals surface area contributed by atoms with Crippen LogP contribution < -0.4 is 75.3 Å². The molecule has 3 fully saturated rings. The van der Waals surface area contributed by atoms with Crippen LogP contribution in [0.25, 0.3) is 10.9 Å². The van der Waals surface area contributed by atoms with Crippen molar-refractivity contribution in [2.75, 3.05) is 52.4 Å². The number of carboxylic acids is 3. The highest BCUT2D eigenvalue weighted by Crippen LogP contribution is 2.27. The number of aromatic amines is 2. The van der Waals surface area contributed by atoms with E-state index in [1.165, 1.54) is 27.2 Å². The van der Waals surface area contributed by atoms with E-state index in [2.05, 4.69) is 78.8 Å². The van der Waals surface area contributed by atoms with Crippen molar-refractivity contribution in [2.45, 2.75) is 196 Å². The lowest BCUT2D eigenvalue weighted by Gasteiger charge is -2.34. The molecule has 2 aromatic carbocycles. The SMILES string of the molecule is CC(=O)N[C@H]1CC(=O)NCCC[C@@H](C(=O)N2CCC[C@H]2C(=O)N2CCC[C@H]2C(=O)N[C@@H](CCCNC(=N)N)C(=O)N[C@@H](CC(=O)O)C(=O)N[C@H](C)CCCCN(CC(=O)O)CC(=O)O)NC(=O)[C@H](Cc2c[nH]c3ccccc23)NC(=O)[C@H](CCCNC(=N)N)NC(=O)[C@@H](Cc2ccccc2)NC(=O)[C@H](Cc2c[nH]cn2)NC1=O. The van der Waals surface area contributed by atoms with Gasteiger partial charge in [0.05, 0.1) is 38.0 Å². The molecular formula is C73H104N22O18. The number of nitrogens with one attached hydrogen (secondary N) is 16. The quantitative estimate of drug-likeness (QED) is 0.0121. The molecule has 0 spiro atoms. The number of aliphatic carboxylic acids is 3. The van der Waals surface area contributed by atoms with E-state index in [1.54, 1.807) is 67.7 Å². The molecule has 11 atom stereocenters. The normalized spacial score (nSPS) is 21.0. The zero-order valence-corrected chi connectivity index (χ0v) is 63.1. The third-order valence-electron chi connectivity index (χ3n) is 19.3. The molecule has 12 amide bonds. The third kappa shape index (κ3) is 28.5. The summed E-state index contributed by atoms with van der Waals surface area (Å²) in [5.41, 5.74) is 13.2. The van der Waals surface area contributed by atoms with Gasteiger partial charge in [-0.25, -0.2) is 4.98 Å². The van der Waals surface area contributed by atoms with E-state index < -0.39 is 187 Å². The number of fused-ring (bicyclic) bond motifs is 1. The van der Waals surface area contributed by atoms with E-state index in [1.807, 2.05) is 0 Å². The van der Waals surface area contributed by atoms with Crippen LogP contribution in [0.1, 0.15) is 127 Å². The maximum Gasteiger partial charge on any atom is 0.317 e. The summed E-state index contributed by atoms with van der Waals surface area (Å²) >= 11 is 0. The largest absolute Gasteiger partial charge is 0.481 e. The van der Waals surface area contributed by atoms with Crippen LogP contribution in [0.2, 0.25) is 0 Å². The molecule has 4 aromatic rings. The number of likely N-dealkylation sites (tertiary alicyclic amines) is 2. The predicted octanol–water partition coefficient (Wildman–Crippen LogP) is -3.75. The van der Waals surface area contributed by atoms with Gasteiger partial charge in [-0.15, -0.1) is 0 Å². The topological polar surface area (TPSA) is 615 Å². The molecule has 40 heteroatoms. The monoisotopic (exact) mass is 1580 g/mol. The summed E-state index contributed by atoms with van der Waals surface area (Å²) in [6.07, 6.45) is 3.42. The minimum absolute atomic E-state index is 0.000995. The van der Waals surface area contributed by atoms with Crippen molar-refractivity contribution in [3.63, 3.8) is 0 Å². The van der Waals surface area contributed by atoms with E-state index >= 15 is 19.2 Å². The average molecular weight is 1580 g/mol. The van der Waals surface area contributed by atoms with Gasteiger partial charge >= 0.3 is 17.9 Å². The number of imidazole rings is 1. The number of hydrogen-bond acceptors (Lipinski definition) is 19. The minimum atomic E-state index is -1.69. The Morgan fingerprint density at radius 2 is 1.21 bits per heavy atom. The summed E-state index contributed by atoms with van der Waals surface area (Å²) in [6, 6.07) is 0.202. The highest BCUT2D eigenvalue weighted by Gasteiger charge is 2.45. The highest BCUT2D eigenvalue weighted by atomic mass is 16.4. The number of guanidine groups is 2. The molecule has 0 aliphatic carbocycles. The van der Waals surface area contributed by atoms with Crippen LogP contribution >= 0.6 is 0 Å². The summed E-state index contributed by atoms with van der Waals surface area (Å²) in [6.45, 7) is 1.63. The van der Waals surface area contributed by atoms with Crippen molar-refractivity contribution >= 4 is 112 Å². The molecule has 113 heavy (non-hydrogen) atoms. The number of H-pyrrole nitrogens is 2. The van der Waals surface area contributed by atoms with Gasteiger partial charge in [-0.05, 0) is 108 Å². The van der Waals surface area contributed by atoms with E-state index in [9.17, 15) is 68.1 Å². The third-order valence-corrected chi connectivity index (χ3v) is 19.3. The van der Waals surface area contributed by atoms with Gasteiger partial charge in [0.25, 0.3) is 0 Å². The fraction of sp³-hybridized carbons (Fsp3) is 0.534. The Morgan fingerprint density at radius 1 is 0.619 bits per heavy atom. The molecule has 3 aliphatic rings. The number of hydrogen-bond donors (Lipinski definition) is 21. The summed E-state index contributed by atoms with van der Waals surface area (Å²) < 4.78 is 0. The number of para-hydroxylation sites is 1. The fourth-order valence-corrected chi connectivity index (χ4v) is 13.8. The van der Waals surface area contributed by atoms with Crippen LogP contribution in [0, 0.1) is 10.8 Å². The molecular weight excluding hydrogens is 1470 g/mol. The minimum Gasteiger partial charge on any atom is -0.481 e. The van der Waals surface area contributed by atoms with Crippen LogP contribution in [0.4, 0.5) is 0 Å². The van der Waals surface area contributed by atoms with Crippen LogP contribution in [0.3, 0.4) is 0 Å². The molecule has 0 saturated carbocycles. The van der Waals surface area contributed by atoms with E-state index in [-0.39, 0.29) is 135 Å². The van der Waals surface area contributed by atoms with Crippen LogP contribution in [-0.4, -0.2) is 265 Å². The molecule has 5 heterocycles. The summed E-state index contributed by atoms with van der Waals surface area (Å²) in [4.78, 5) is 223. The van der Waals surface area contributed by atoms with Crippen molar-refractivity contribution in [2.24, 2.45) is 11.5 Å². The lowest BCUT2D eigenvalue weighted by molar-refractivity contribution is -0.148. The molecule has 0 unspecified atom stereocenters. The fourth-order valence-electron chi connectivity index (χ4n) is 13.8. The van der Waals surface area contributed by atoms with E-state index in [0.29, 0.717) is 40.6 Å². The second-order valence-corrected chi connectivity index (χ2v) is 28.2. The Bertz CT molecular complexity index is 4010. The Balaban J connectivity index is 1.17. The van der Waals surface area contributed by atoms with Crippen molar-refractivity contribution in [3.05, 3.63) is 90.1 Å². The number of amides is 12. The second kappa shape index (κ2) is 44.0. The first-order chi connectivity index (χ1) is 53.9. The standard InChI is InChI=1S/C73H104N22O18/c1-41(15-8-9-28-93(38-60(100)101)39-61(102)103)84-64(106)55(35-59(98)99)92-63(105)49(21-11-27-81-73(76)77)87-69(111)56-23-13-29-94(56)71(113)57-24-14-30-95(57)70(112)50-22-12-25-79-58(97)34-54(85-42(2)96)68(110)91-53(33-45-37-78-40-83-45)67(109)89-51(31-43-16-4-3-5-17-43)65(107)86-48(20-10-26-80-72(74)75)62(104)90-52(66(108)88-50)32-44-36-82-47-19-7-6-18-46(44)47/h3-7,16-19,36-37,40-41,48-57,82H,8-15,20-35,38-39H2,1-2H3,(H,78,83)(H,79,97)(H,84,106)(H,85,96)(H,86,107)(H,87,111)(H,88,108)(H,89,109)(H,90,104)(H,91,110)(H,92,105)(H,98,99)(H,100,101)(H,102,103)(H4,74,75,80)(H4,76,77,81)/t41-,48+,49+,50+,51-,52+,53+,54+,55+,56+,57+/m1/s1. The molecule has 614 valence electrons. The maximum atomic E-state index is 15.6. The number of unbranched alkanes of at least 4 members (excludes halogenated alkanes) is 1. The Labute approximate surface area is 650 Å². The molecule has 23 N–H and O–H groups in total. The maximum absolute atomic E-state index is 15.6. The van der Waals surface area contributed by atoms with Crippen LogP contribution in [0.5, 0.6) is 0 Å². The van der Waals surface area contributed by atoms with Gasteiger partial charge in [0.15, 0.2) is 11.9 Å². The van der Waals surface area contributed by atoms with Crippen LogP contribution in [0.15, 0.2) is 73.3 Å². The second-order valence-electron chi connectivity index (χ2n) is 28.2. The molecule has 3 saturated heterocycles. The Kier molecular flexibility index (Phi) is 34.2. The number of nitrogens with two attached hydrogens (primary N) is 2. The Morgan fingerprint density at radius 3 is 1.86 bits per heavy atom. The zero-order chi connectivity index (χ0) is 82.3. The zero-order valence-electron chi connectivity index (χ0n) is 63.1. The average Bonchev–Trinajstić information content (AvgIpc) is 1.60. The van der Waals surface area contributed by atoms with Crippen molar-refractivity contribution in [3.8, 4) is 0 Å². The predicted molar refractivity (Wildman–Crippen MR) is 406 cm³/mol. The van der Waals surface area contributed by atoms with Crippen molar-refractivity contribution < 1.29 is 87.2 Å². The molecule has 0 bridgehead atoms. The van der Waals surface area contributed by atoms with Gasteiger partial charge in [-0.3, -0.25) is 87.6 Å². The van der Waals surface area contributed by atoms with Gasteiger partial charge in [0, 0.05) is 88.2 Å². The summed E-state index contributed by atoms with van der Waals surface area (Å²) in [5, 5.41) is 76.4. The first-order valence-corrected chi connectivity index (χ1v) is 37.6. The lowest BCUT2D eigenvalue weighted by Crippen LogP contribution is -2.61. The van der Waals surface area contributed by atoms with Gasteiger partial charge in [0.1, 0.15) is 60.4 Å². The van der Waals surface area contributed by atoms with Gasteiger partial charge < -0.3 is 110 Å². The van der Waals surface area contributed by atoms with Gasteiger partial charge in [-0.2, -0.15) is 0 Å². The smallest absolute Gasteiger partial charge is 0.317 e. The lowest BCUT2D eigenvalue weighted by atomic mass is 10.0. The van der Waals surface area contributed by atoms with Gasteiger partial charge in [0.2, 0.25) is 70.9 Å². The van der Waals surface area contributed by atoms with E-state index in [0.717, 1.165) is 6.92 Å². The number of rotatable bonds is 34. The molecule has 3 aliphatic heterocycles. The number of carbonyl (C=O) groups is 15. The molecule has 0 radical (unpaired) electrons.